The molecule has 170 valence electrons. The van der Waals surface area contributed by atoms with E-state index in [2.05, 4.69) is 49.9 Å². The Bertz CT molecular complexity index is 1000. The summed E-state index contributed by atoms with van der Waals surface area (Å²) in [5, 5.41) is 0. The Morgan fingerprint density at radius 3 is 2.45 bits per heavy atom. The molecular formula is C23H34N4O3S. The van der Waals surface area contributed by atoms with Gasteiger partial charge in [0.1, 0.15) is 11.6 Å². The molecule has 1 atom stereocenters. The van der Waals surface area contributed by atoms with Gasteiger partial charge in [-0.05, 0) is 18.9 Å². The van der Waals surface area contributed by atoms with E-state index in [1.807, 2.05) is 0 Å². The van der Waals surface area contributed by atoms with E-state index in [1.54, 1.807) is 7.11 Å². The fraction of sp³-hybridized carbons (Fsp3) is 0.565. The van der Waals surface area contributed by atoms with Crippen molar-refractivity contribution in [3.63, 3.8) is 0 Å². The van der Waals surface area contributed by atoms with Gasteiger partial charge in [-0.15, -0.1) is 0 Å². The van der Waals surface area contributed by atoms with Crippen molar-refractivity contribution in [1.82, 2.24) is 14.3 Å². The summed E-state index contributed by atoms with van der Waals surface area (Å²) in [4.78, 5) is 12.1. The number of anilines is 1. The highest BCUT2D eigenvalue weighted by atomic mass is 32.2. The smallest absolute Gasteiger partial charge is 0.211 e. The molecule has 1 aromatic heterocycles. The monoisotopic (exact) mass is 446 g/mol. The number of hydrogen-bond donors (Lipinski definition) is 0. The van der Waals surface area contributed by atoms with E-state index in [4.69, 9.17) is 14.7 Å². The largest absolute Gasteiger partial charge is 0.378 e. The zero-order valence-corrected chi connectivity index (χ0v) is 20.1. The molecule has 0 aliphatic carbocycles. The summed E-state index contributed by atoms with van der Waals surface area (Å²) in [6.07, 6.45) is 2.93. The summed E-state index contributed by atoms with van der Waals surface area (Å²) in [5.41, 5.74) is 4.39. The Hall–Kier alpha value is -2.03. The SMILES string of the molecule is CC[C@H](C)c1nc(COC)c(Cc2cccc(C)c2)c(N2CCN(S(C)(=O)=O)CC2)n1. The van der Waals surface area contributed by atoms with Crippen LogP contribution >= 0.6 is 0 Å². The lowest BCUT2D eigenvalue weighted by Gasteiger charge is -2.35. The van der Waals surface area contributed by atoms with Gasteiger partial charge in [-0.2, -0.15) is 4.31 Å². The zero-order chi connectivity index (χ0) is 22.6. The highest BCUT2D eigenvalue weighted by Crippen LogP contribution is 2.29. The van der Waals surface area contributed by atoms with Gasteiger partial charge in [0.05, 0.1) is 18.6 Å². The highest BCUT2D eigenvalue weighted by molar-refractivity contribution is 7.88. The van der Waals surface area contributed by atoms with E-state index in [0.29, 0.717) is 39.2 Å². The first-order valence-electron chi connectivity index (χ1n) is 10.9. The molecule has 7 nitrogen and oxygen atoms in total. The third-order valence-corrected chi connectivity index (χ3v) is 7.20. The molecule has 1 saturated heterocycles. The van der Waals surface area contributed by atoms with E-state index in [1.165, 1.54) is 21.7 Å². The van der Waals surface area contributed by atoms with Gasteiger partial charge in [-0.25, -0.2) is 18.4 Å². The molecule has 1 aromatic carbocycles. The molecule has 0 N–H and O–H groups in total. The second-order valence-electron chi connectivity index (χ2n) is 8.39. The van der Waals surface area contributed by atoms with E-state index in [-0.39, 0.29) is 5.92 Å². The van der Waals surface area contributed by atoms with Gasteiger partial charge < -0.3 is 9.64 Å². The molecule has 1 aliphatic rings. The average Bonchev–Trinajstić information content (AvgIpc) is 2.74. The summed E-state index contributed by atoms with van der Waals surface area (Å²) in [7, 11) is -1.50. The minimum absolute atomic E-state index is 0.236. The van der Waals surface area contributed by atoms with Crippen LogP contribution in [0, 0.1) is 6.92 Å². The number of aryl methyl sites for hydroxylation is 1. The molecular weight excluding hydrogens is 412 g/mol. The van der Waals surface area contributed by atoms with Crippen molar-refractivity contribution >= 4 is 15.8 Å². The van der Waals surface area contributed by atoms with Gasteiger partial charge >= 0.3 is 0 Å². The molecule has 31 heavy (non-hydrogen) atoms. The molecule has 0 amide bonds. The van der Waals surface area contributed by atoms with Crippen LogP contribution in [0.15, 0.2) is 24.3 Å². The summed E-state index contributed by atoms with van der Waals surface area (Å²) < 4.78 is 31.0. The number of benzene rings is 1. The standard InChI is InChI=1S/C23H34N4O3S/c1-6-18(3)22-24-21(16-30-4)20(15-19-9-7-8-17(2)14-19)23(25-22)26-10-12-27(13-11-26)31(5,28)29/h7-9,14,18H,6,10-13,15-16H2,1-5H3/t18-/m0/s1. The van der Waals surface area contributed by atoms with E-state index in [0.717, 1.165) is 29.3 Å². The van der Waals surface area contributed by atoms with Crippen LogP contribution in [0.1, 0.15) is 54.4 Å². The minimum atomic E-state index is -3.18. The number of rotatable bonds is 8. The van der Waals surface area contributed by atoms with Crippen LogP contribution in [-0.4, -0.2) is 62.2 Å². The number of methoxy groups -OCH3 is 1. The third-order valence-electron chi connectivity index (χ3n) is 5.89. The van der Waals surface area contributed by atoms with Crippen molar-refractivity contribution in [2.24, 2.45) is 0 Å². The lowest BCUT2D eigenvalue weighted by Crippen LogP contribution is -2.49. The van der Waals surface area contributed by atoms with Crippen molar-refractivity contribution in [2.75, 3.05) is 44.4 Å². The molecule has 2 heterocycles. The van der Waals surface area contributed by atoms with Gasteiger partial charge in [0.15, 0.2) is 0 Å². The molecule has 0 bridgehead atoms. The van der Waals surface area contributed by atoms with Crippen LogP contribution in [0.25, 0.3) is 0 Å². The van der Waals surface area contributed by atoms with Crippen molar-refractivity contribution < 1.29 is 13.2 Å². The maximum atomic E-state index is 12.0. The second kappa shape index (κ2) is 10.1. The minimum Gasteiger partial charge on any atom is -0.378 e. The zero-order valence-electron chi connectivity index (χ0n) is 19.3. The summed E-state index contributed by atoms with van der Waals surface area (Å²) >= 11 is 0. The van der Waals surface area contributed by atoms with E-state index >= 15 is 0 Å². The van der Waals surface area contributed by atoms with Gasteiger partial charge in [-0.3, -0.25) is 0 Å². The summed E-state index contributed by atoms with van der Waals surface area (Å²) in [5.74, 6) is 1.97. The summed E-state index contributed by atoms with van der Waals surface area (Å²) in [6.45, 7) is 8.92. The topological polar surface area (TPSA) is 75.6 Å². The molecule has 0 saturated carbocycles. The van der Waals surface area contributed by atoms with Crippen LogP contribution in [-0.2, 0) is 27.8 Å². The maximum Gasteiger partial charge on any atom is 0.211 e. The number of hydrogen-bond acceptors (Lipinski definition) is 6. The molecule has 3 rings (SSSR count). The van der Waals surface area contributed by atoms with Crippen molar-refractivity contribution in [2.45, 2.75) is 46.1 Å². The fourth-order valence-electron chi connectivity index (χ4n) is 3.90. The number of ether oxygens (including phenoxy) is 1. The van der Waals surface area contributed by atoms with E-state index < -0.39 is 10.0 Å². The number of aromatic nitrogens is 2. The molecule has 1 aliphatic heterocycles. The molecule has 2 aromatic rings. The predicted octanol–water partition coefficient (Wildman–Crippen LogP) is 3.12. The highest BCUT2D eigenvalue weighted by Gasteiger charge is 2.27. The lowest BCUT2D eigenvalue weighted by molar-refractivity contribution is 0.180. The number of nitrogens with zero attached hydrogens (tertiary/aromatic N) is 4. The first kappa shape index (κ1) is 23.6. The molecule has 0 spiro atoms. The van der Waals surface area contributed by atoms with E-state index in [9.17, 15) is 8.42 Å². The van der Waals surface area contributed by atoms with Crippen LogP contribution < -0.4 is 4.90 Å². The average molecular weight is 447 g/mol. The van der Waals surface area contributed by atoms with Gasteiger partial charge in [0, 0.05) is 51.2 Å². The molecule has 0 unspecified atom stereocenters. The normalized spacial score (nSPS) is 16.5. The molecule has 1 fully saturated rings. The van der Waals surface area contributed by atoms with Crippen LogP contribution in [0.4, 0.5) is 5.82 Å². The Kier molecular flexibility index (Phi) is 7.67. The number of sulfonamides is 1. The van der Waals surface area contributed by atoms with Crippen molar-refractivity contribution in [1.29, 1.82) is 0 Å². The van der Waals surface area contributed by atoms with Crippen LogP contribution in [0.5, 0.6) is 0 Å². The van der Waals surface area contributed by atoms with Crippen molar-refractivity contribution in [3.05, 3.63) is 52.5 Å². The van der Waals surface area contributed by atoms with Crippen LogP contribution in [0.3, 0.4) is 0 Å². The van der Waals surface area contributed by atoms with Gasteiger partial charge in [0.25, 0.3) is 0 Å². The second-order valence-corrected chi connectivity index (χ2v) is 10.4. The Balaban J connectivity index is 2.04. The molecule has 0 radical (unpaired) electrons. The molecule has 8 heteroatoms. The lowest BCUT2D eigenvalue weighted by atomic mass is 10.0. The Morgan fingerprint density at radius 1 is 1.16 bits per heavy atom. The van der Waals surface area contributed by atoms with Gasteiger partial charge in [-0.1, -0.05) is 43.7 Å². The van der Waals surface area contributed by atoms with Crippen molar-refractivity contribution in [3.8, 4) is 0 Å². The fourth-order valence-corrected chi connectivity index (χ4v) is 4.72. The van der Waals surface area contributed by atoms with Crippen LogP contribution in [0.2, 0.25) is 0 Å². The summed E-state index contributed by atoms with van der Waals surface area (Å²) in [6, 6.07) is 8.47. The Labute approximate surface area is 186 Å². The third kappa shape index (κ3) is 5.81. The first-order valence-corrected chi connectivity index (χ1v) is 12.7. The van der Waals surface area contributed by atoms with Gasteiger partial charge in [0.2, 0.25) is 10.0 Å². The number of piperazine rings is 1. The maximum absolute atomic E-state index is 12.0. The first-order chi connectivity index (χ1) is 14.7. The Morgan fingerprint density at radius 2 is 1.87 bits per heavy atom. The quantitative estimate of drug-likeness (QED) is 0.620. The predicted molar refractivity (Wildman–Crippen MR) is 124 cm³/mol.